The van der Waals surface area contributed by atoms with Gasteiger partial charge in [0.05, 0.1) is 6.04 Å². The molecule has 122 valence electrons. The van der Waals surface area contributed by atoms with E-state index < -0.39 is 5.60 Å². The molecule has 1 aliphatic rings. The van der Waals surface area contributed by atoms with E-state index >= 15 is 0 Å². The summed E-state index contributed by atoms with van der Waals surface area (Å²) in [5, 5.41) is 0. The summed E-state index contributed by atoms with van der Waals surface area (Å²) in [7, 11) is 1.83. The van der Waals surface area contributed by atoms with Crippen molar-refractivity contribution in [2.24, 2.45) is 0 Å². The molecule has 5 nitrogen and oxygen atoms in total. The van der Waals surface area contributed by atoms with Crippen molar-refractivity contribution in [3.63, 3.8) is 0 Å². The Labute approximate surface area is 133 Å². The number of likely N-dealkylation sites (N-methyl/N-ethyl adjacent to an activating group) is 1. The van der Waals surface area contributed by atoms with Gasteiger partial charge >= 0.3 is 6.09 Å². The summed E-state index contributed by atoms with van der Waals surface area (Å²) in [6, 6.07) is 4.25. The topological polar surface area (TPSA) is 45.7 Å². The molecule has 0 spiro atoms. The van der Waals surface area contributed by atoms with Crippen LogP contribution in [0.2, 0.25) is 0 Å². The fourth-order valence-electron chi connectivity index (χ4n) is 2.66. The smallest absolute Gasteiger partial charge is 0.410 e. The third-order valence-corrected chi connectivity index (χ3v) is 3.85. The van der Waals surface area contributed by atoms with E-state index in [-0.39, 0.29) is 12.1 Å². The molecule has 1 amide bonds. The van der Waals surface area contributed by atoms with Gasteiger partial charge < -0.3 is 14.5 Å². The van der Waals surface area contributed by atoms with Crippen LogP contribution in [-0.4, -0.2) is 47.8 Å². The van der Waals surface area contributed by atoms with Gasteiger partial charge in [-0.1, -0.05) is 0 Å². The number of carbonyl (C=O) groups is 1. The van der Waals surface area contributed by atoms with Crippen LogP contribution >= 0.6 is 0 Å². The molecule has 0 N–H and O–H groups in total. The zero-order chi connectivity index (χ0) is 16.3. The van der Waals surface area contributed by atoms with Gasteiger partial charge in [0.15, 0.2) is 0 Å². The van der Waals surface area contributed by atoms with Crippen LogP contribution in [0.3, 0.4) is 0 Å². The van der Waals surface area contributed by atoms with Crippen LogP contribution in [0.4, 0.5) is 10.6 Å². The lowest BCUT2D eigenvalue weighted by atomic mass is 10.0. The van der Waals surface area contributed by atoms with Crippen molar-refractivity contribution in [2.45, 2.75) is 52.2 Å². The molecular weight excluding hydrogens is 278 g/mol. The molecule has 0 saturated carbocycles. The number of anilines is 1. The van der Waals surface area contributed by atoms with E-state index in [9.17, 15) is 4.79 Å². The second-order valence-electron chi connectivity index (χ2n) is 7.02. The van der Waals surface area contributed by atoms with Crippen LogP contribution in [0.15, 0.2) is 18.3 Å². The number of carbonyl (C=O) groups excluding carboxylic acids is 1. The minimum atomic E-state index is -0.461. The molecule has 1 atom stereocenters. The van der Waals surface area contributed by atoms with E-state index in [1.807, 2.05) is 40.1 Å². The first-order valence-electron chi connectivity index (χ1n) is 7.90. The van der Waals surface area contributed by atoms with Gasteiger partial charge in [0.2, 0.25) is 0 Å². The predicted molar refractivity (Wildman–Crippen MR) is 88.2 cm³/mol. The molecule has 0 bridgehead atoms. The van der Waals surface area contributed by atoms with E-state index in [0.29, 0.717) is 0 Å². The van der Waals surface area contributed by atoms with Crippen molar-refractivity contribution in [3.05, 3.63) is 23.9 Å². The van der Waals surface area contributed by atoms with Gasteiger partial charge in [-0.2, -0.15) is 0 Å². The van der Waals surface area contributed by atoms with Crippen molar-refractivity contribution in [2.75, 3.05) is 25.0 Å². The van der Waals surface area contributed by atoms with Crippen LogP contribution in [0.5, 0.6) is 0 Å². The fourth-order valence-corrected chi connectivity index (χ4v) is 2.66. The zero-order valence-electron chi connectivity index (χ0n) is 14.3. The Morgan fingerprint density at radius 3 is 2.82 bits per heavy atom. The summed E-state index contributed by atoms with van der Waals surface area (Å²) in [6.45, 7) is 9.52. The molecule has 1 aromatic heterocycles. The maximum atomic E-state index is 12.2. The molecular formula is C17H27N3O2. The Balaban J connectivity index is 2.02. The van der Waals surface area contributed by atoms with Crippen LogP contribution in [0.1, 0.15) is 39.2 Å². The molecule has 1 fully saturated rings. The Bertz CT molecular complexity index is 525. The third kappa shape index (κ3) is 4.36. The van der Waals surface area contributed by atoms with Gasteiger partial charge in [-0.15, -0.1) is 0 Å². The predicted octanol–water partition coefficient (Wildman–Crippen LogP) is 3.23. The molecule has 1 aromatic rings. The molecule has 2 heterocycles. The van der Waals surface area contributed by atoms with Gasteiger partial charge in [-0.3, -0.25) is 0 Å². The monoisotopic (exact) mass is 305 g/mol. The normalized spacial score (nSPS) is 19.0. The van der Waals surface area contributed by atoms with Crippen molar-refractivity contribution < 1.29 is 9.53 Å². The highest BCUT2D eigenvalue weighted by atomic mass is 16.6. The van der Waals surface area contributed by atoms with E-state index in [1.165, 1.54) is 5.56 Å². The molecule has 22 heavy (non-hydrogen) atoms. The van der Waals surface area contributed by atoms with Gasteiger partial charge in [0.25, 0.3) is 0 Å². The Hall–Kier alpha value is -1.78. The minimum Gasteiger partial charge on any atom is -0.444 e. The summed E-state index contributed by atoms with van der Waals surface area (Å²) >= 11 is 0. The number of nitrogens with zero attached hydrogens (tertiary/aromatic N) is 3. The second-order valence-corrected chi connectivity index (χ2v) is 7.02. The third-order valence-electron chi connectivity index (χ3n) is 3.85. The molecule has 1 aliphatic heterocycles. The Kier molecular flexibility index (Phi) is 4.94. The minimum absolute atomic E-state index is 0.158. The SMILES string of the molecule is Cc1ccnc(N2CCC[C@@H](N(C)C(=O)OC(C)(C)C)C2)c1. The van der Waals surface area contributed by atoms with Gasteiger partial charge in [-0.05, 0) is 58.2 Å². The van der Waals surface area contributed by atoms with E-state index in [1.54, 1.807) is 4.90 Å². The summed E-state index contributed by atoms with van der Waals surface area (Å²) in [4.78, 5) is 20.7. The highest BCUT2D eigenvalue weighted by Crippen LogP contribution is 2.22. The van der Waals surface area contributed by atoms with Gasteiger partial charge in [0, 0.05) is 26.3 Å². The number of ether oxygens (including phenoxy) is 1. The molecule has 0 radical (unpaired) electrons. The average Bonchev–Trinajstić information content (AvgIpc) is 2.45. The maximum absolute atomic E-state index is 12.2. The number of piperidine rings is 1. The highest BCUT2D eigenvalue weighted by molar-refractivity contribution is 5.68. The molecule has 0 unspecified atom stereocenters. The number of hydrogen-bond donors (Lipinski definition) is 0. The number of hydrogen-bond acceptors (Lipinski definition) is 4. The lowest BCUT2D eigenvalue weighted by Gasteiger charge is -2.38. The lowest BCUT2D eigenvalue weighted by Crippen LogP contribution is -2.50. The number of amides is 1. The zero-order valence-corrected chi connectivity index (χ0v) is 14.3. The standard InChI is InChI=1S/C17H27N3O2/c1-13-8-9-18-15(11-13)20-10-6-7-14(12-20)19(5)16(21)22-17(2,3)4/h8-9,11,14H,6-7,10,12H2,1-5H3/t14-/m1/s1. The van der Waals surface area contributed by atoms with Crippen LogP contribution < -0.4 is 4.90 Å². The van der Waals surface area contributed by atoms with Crippen molar-refractivity contribution in [3.8, 4) is 0 Å². The van der Waals surface area contributed by atoms with Crippen LogP contribution in [0, 0.1) is 6.92 Å². The van der Waals surface area contributed by atoms with Crippen molar-refractivity contribution in [1.29, 1.82) is 0 Å². The Morgan fingerprint density at radius 1 is 1.45 bits per heavy atom. The quantitative estimate of drug-likeness (QED) is 0.841. The number of rotatable bonds is 2. The first-order valence-corrected chi connectivity index (χ1v) is 7.90. The van der Waals surface area contributed by atoms with Crippen molar-refractivity contribution >= 4 is 11.9 Å². The van der Waals surface area contributed by atoms with E-state index in [2.05, 4.69) is 22.9 Å². The van der Waals surface area contributed by atoms with Crippen LogP contribution in [-0.2, 0) is 4.74 Å². The lowest BCUT2D eigenvalue weighted by molar-refractivity contribution is 0.0209. The van der Waals surface area contributed by atoms with Crippen LogP contribution in [0.25, 0.3) is 0 Å². The summed E-state index contributed by atoms with van der Waals surface area (Å²) in [5.41, 5.74) is 0.741. The highest BCUT2D eigenvalue weighted by Gasteiger charge is 2.29. The number of pyridine rings is 1. The molecule has 0 aromatic carbocycles. The second kappa shape index (κ2) is 6.55. The molecule has 0 aliphatic carbocycles. The first-order chi connectivity index (χ1) is 10.3. The van der Waals surface area contributed by atoms with Crippen molar-refractivity contribution in [1.82, 2.24) is 9.88 Å². The Morgan fingerprint density at radius 2 is 2.18 bits per heavy atom. The summed E-state index contributed by atoms with van der Waals surface area (Å²) in [6.07, 6.45) is 3.63. The van der Waals surface area contributed by atoms with E-state index in [0.717, 1.165) is 31.7 Å². The van der Waals surface area contributed by atoms with E-state index in [4.69, 9.17) is 4.74 Å². The summed E-state index contributed by atoms with van der Waals surface area (Å²) < 4.78 is 5.47. The molecule has 1 saturated heterocycles. The largest absolute Gasteiger partial charge is 0.444 e. The molecule has 2 rings (SSSR count). The fraction of sp³-hybridized carbons (Fsp3) is 0.647. The summed E-state index contributed by atoms with van der Waals surface area (Å²) in [5.74, 6) is 0.988. The van der Waals surface area contributed by atoms with Gasteiger partial charge in [0.1, 0.15) is 11.4 Å². The molecule has 5 heteroatoms. The maximum Gasteiger partial charge on any atom is 0.410 e. The first kappa shape index (κ1) is 16.6. The average molecular weight is 305 g/mol. The number of aromatic nitrogens is 1. The number of aryl methyl sites for hydroxylation is 1. The van der Waals surface area contributed by atoms with Gasteiger partial charge in [-0.25, -0.2) is 9.78 Å².